The monoisotopic (exact) mass is 335 g/mol. The first-order chi connectivity index (χ1) is 9.36. The average molecular weight is 336 g/mol. The van der Waals surface area contributed by atoms with Gasteiger partial charge in [0.1, 0.15) is 0 Å². The molecule has 0 bridgehead atoms. The third-order valence-corrected chi connectivity index (χ3v) is 5.59. The maximum atomic E-state index is 12.5. The number of hydrogen-bond acceptors (Lipinski definition) is 5. The van der Waals surface area contributed by atoms with Crippen molar-refractivity contribution in [3.63, 3.8) is 0 Å². The number of nitrogens with zero attached hydrogens (tertiary/aromatic N) is 2. The lowest BCUT2D eigenvalue weighted by Crippen LogP contribution is -2.30. The van der Waals surface area contributed by atoms with Gasteiger partial charge in [0, 0.05) is 25.2 Å². The van der Waals surface area contributed by atoms with E-state index in [0.717, 1.165) is 6.42 Å². The Labute approximate surface area is 129 Å². The van der Waals surface area contributed by atoms with Crippen molar-refractivity contribution in [1.82, 2.24) is 4.31 Å². The highest BCUT2D eigenvalue weighted by molar-refractivity contribution is 7.89. The number of nitrogens with two attached hydrogens (primary N) is 1. The van der Waals surface area contributed by atoms with E-state index in [9.17, 15) is 18.5 Å². The molecule has 7 nitrogen and oxygen atoms in total. The number of halogens is 1. The molecule has 1 atom stereocenters. The van der Waals surface area contributed by atoms with Gasteiger partial charge in [-0.1, -0.05) is 0 Å². The number of sulfonamides is 1. The molecule has 1 aromatic rings. The Morgan fingerprint density at radius 1 is 1.48 bits per heavy atom. The molecule has 1 unspecified atom stereocenters. The second-order valence-electron chi connectivity index (χ2n) is 4.96. The number of nitro groups is 1. The normalized spacial score (nSPS) is 19.2. The number of hydrogen-bond donors (Lipinski definition) is 1. The zero-order chi connectivity index (χ0) is 14.9. The van der Waals surface area contributed by atoms with E-state index < -0.39 is 14.9 Å². The highest BCUT2D eigenvalue weighted by Gasteiger charge is 2.33. The fourth-order valence-corrected chi connectivity index (χ4v) is 4.12. The van der Waals surface area contributed by atoms with E-state index in [2.05, 4.69) is 0 Å². The highest BCUT2D eigenvalue weighted by atomic mass is 35.5. The molecule has 0 saturated carbocycles. The Bertz CT molecular complexity index is 635. The molecule has 1 aromatic carbocycles. The van der Waals surface area contributed by atoms with Crippen molar-refractivity contribution >= 4 is 28.1 Å². The number of rotatable bonds is 4. The lowest BCUT2D eigenvalue weighted by atomic mass is 10.1. The zero-order valence-electron chi connectivity index (χ0n) is 11.6. The van der Waals surface area contributed by atoms with E-state index in [1.807, 2.05) is 0 Å². The van der Waals surface area contributed by atoms with Gasteiger partial charge in [0.2, 0.25) is 10.0 Å². The molecule has 9 heteroatoms. The van der Waals surface area contributed by atoms with Crippen molar-refractivity contribution in [3.8, 4) is 0 Å². The van der Waals surface area contributed by atoms with Crippen LogP contribution < -0.4 is 5.73 Å². The van der Waals surface area contributed by atoms with Crippen LogP contribution in [0.4, 0.5) is 5.69 Å². The topological polar surface area (TPSA) is 107 Å². The van der Waals surface area contributed by atoms with E-state index in [0.29, 0.717) is 25.2 Å². The molecule has 0 radical (unpaired) electrons. The molecule has 1 fully saturated rings. The first-order valence-corrected chi connectivity index (χ1v) is 7.75. The van der Waals surface area contributed by atoms with Crippen molar-refractivity contribution in [2.45, 2.75) is 18.2 Å². The molecular weight excluding hydrogens is 318 g/mol. The van der Waals surface area contributed by atoms with Crippen LogP contribution in [-0.4, -0.2) is 37.3 Å². The summed E-state index contributed by atoms with van der Waals surface area (Å²) in [5.74, 6) is 0.183. The number of nitro benzene ring substituents is 1. The third kappa shape index (κ3) is 3.52. The summed E-state index contributed by atoms with van der Waals surface area (Å²) < 4.78 is 26.4. The second-order valence-corrected chi connectivity index (χ2v) is 6.87. The number of non-ortho nitro benzene ring substituents is 1. The van der Waals surface area contributed by atoms with Gasteiger partial charge in [-0.3, -0.25) is 10.1 Å². The molecule has 0 spiro atoms. The first-order valence-electron chi connectivity index (χ1n) is 6.31. The molecule has 1 aliphatic rings. The van der Waals surface area contributed by atoms with Crippen LogP contribution in [0.5, 0.6) is 0 Å². The van der Waals surface area contributed by atoms with E-state index >= 15 is 0 Å². The Morgan fingerprint density at radius 2 is 2.14 bits per heavy atom. The summed E-state index contributed by atoms with van der Waals surface area (Å²) in [7, 11) is -3.60. The van der Waals surface area contributed by atoms with Crippen molar-refractivity contribution < 1.29 is 13.3 Å². The highest BCUT2D eigenvalue weighted by Crippen LogP contribution is 2.27. The Kier molecular flexibility index (Phi) is 5.68. The Morgan fingerprint density at radius 3 is 2.62 bits per heavy atom. The number of benzene rings is 1. The molecule has 0 aromatic heterocycles. The van der Waals surface area contributed by atoms with E-state index in [4.69, 9.17) is 5.73 Å². The largest absolute Gasteiger partial charge is 0.330 e. The molecule has 2 rings (SSSR count). The molecule has 118 valence electrons. The van der Waals surface area contributed by atoms with Gasteiger partial charge in [-0.25, -0.2) is 8.42 Å². The van der Waals surface area contributed by atoms with Crippen LogP contribution in [0, 0.1) is 23.0 Å². The van der Waals surface area contributed by atoms with Crippen LogP contribution in [0.2, 0.25) is 0 Å². The predicted octanol–water partition coefficient (Wildman–Crippen LogP) is 1.29. The summed E-state index contributed by atoms with van der Waals surface area (Å²) in [5.41, 5.74) is 5.84. The second kappa shape index (κ2) is 6.69. The van der Waals surface area contributed by atoms with Gasteiger partial charge in [0.05, 0.1) is 9.82 Å². The van der Waals surface area contributed by atoms with Crippen LogP contribution in [0.3, 0.4) is 0 Å². The van der Waals surface area contributed by atoms with Crippen LogP contribution in [0.25, 0.3) is 0 Å². The average Bonchev–Trinajstić information content (AvgIpc) is 2.87. The minimum Gasteiger partial charge on any atom is -0.330 e. The lowest BCUT2D eigenvalue weighted by Gasteiger charge is -2.17. The van der Waals surface area contributed by atoms with Crippen molar-refractivity contribution in [3.05, 3.63) is 33.9 Å². The summed E-state index contributed by atoms with van der Waals surface area (Å²) in [6, 6.07) is 3.80. The third-order valence-electron chi connectivity index (χ3n) is 3.57. The number of aryl methyl sites for hydroxylation is 1. The van der Waals surface area contributed by atoms with Gasteiger partial charge in [0.25, 0.3) is 5.69 Å². The van der Waals surface area contributed by atoms with Crippen LogP contribution in [0.15, 0.2) is 23.1 Å². The minimum absolute atomic E-state index is 0. The van der Waals surface area contributed by atoms with E-state index in [1.54, 1.807) is 6.92 Å². The van der Waals surface area contributed by atoms with Crippen LogP contribution in [-0.2, 0) is 10.0 Å². The maximum absolute atomic E-state index is 12.5. The van der Waals surface area contributed by atoms with Gasteiger partial charge < -0.3 is 5.73 Å². The molecule has 0 amide bonds. The van der Waals surface area contributed by atoms with Crippen molar-refractivity contribution in [1.29, 1.82) is 0 Å². The molecule has 1 heterocycles. The van der Waals surface area contributed by atoms with E-state index in [-0.39, 0.29) is 28.9 Å². The first kappa shape index (κ1) is 17.8. The molecule has 21 heavy (non-hydrogen) atoms. The molecule has 2 N–H and O–H groups in total. The molecule has 1 aliphatic heterocycles. The maximum Gasteiger partial charge on any atom is 0.269 e. The Balaban J connectivity index is 0.00000220. The van der Waals surface area contributed by atoms with Gasteiger partial charge in [-0.2, -0.15) is 4.31 Å². The van der Waals surface area contributed by atoms with Crippen molar-refractivity contribution in [2.75, 3.05) is 19.6 Å². The Hall–Kier alpha value is -1.22. The van der Waals surface area contributed by atoms with Gasteiger partial charge >= 0.3 is 0 Å². The van der Waals surface area contributed by atoms with Gasteiger partial charge in [0.15, 0.2) is 0 Å². The summed E-state index contributed by atoms with van der Waals surface area (Å²) in [6.45, 7) is 2.89. The standard InChI is InChI=1S/C12H17N3O4S.ClH/c1-9-6-11(15(16)17)2-3-12(9)20(18,19)14-5-4-10(7-13)8-14;/h2-3,6,10H,4-5,7-8,13H2,1H3;1H. The van der Waals surface area contributed by atoms with Crippen LogP contribution >= 0.6 is 12.4 Å². The van der Waals surface area contributed by atoms with Gasteiger partial charge in [-0.05, 0) is 37.4 Å². The summed E-state index contributed by atoms with van der Waals surface area (Å²) in [4.78, 5) is 10.3. The lowest BCUT2D eigenvalue weighted by molar-refractivity contribution is -0.385. The van der Waals surface area contributed by atoms with E-state index in [1.165, 1.54) is 22.5 Å². The molecule has 0 aliphatic carbocycles. The smallest absolute Gasteiger partial charge is 0.269 e. The van der Waals surface area contributed by atoms with Crippen molar-refractivity contribution in [2.24, 2.45) is 11.7 Å². The SMILES string of the molecule is Cc1cc([N+](=O)[O-])ccc1S(=O)(=O)N1CCC(CN)C1.Cl. The zero-order valence-corrected chi connectivity index (χ0v) is 13.2. The molecular formula is C12H18ClN3O4S. The minimum atomic E-state index is -3.60. The summed E-state index contributed by atoms with van der Waals surface area (Å²) >= 11 is 0. The summed E-state index contributed by atoms with van der Waals surface area (Å²) in [5, 5.41) is 10.7. The summed E-state index contributed by atoms with van der Waals surface area (Å²) in [6.07, 6.45) is 0.752. The fourth-order valence-electron chi connectivity index (χ4n) is 2.38. The quantitative estimate of drug-likeness (QED) is 0.659. The van der Waals surface area contributed by atoms with Crippen LogP contribution in [0.1, 0.15) is 12.0 Å². The predicted molar refractivity (Wildman–Crippen MR) is 81.0 cm³/mol. The molecule has 1 saturated heterocycles. The van der Waals surface area contributed by atoms with Gasteiger partial charge in [-0.15, -0.1) is 12.4 Å². The fraction of sp³-hybridized carbons (Fsp3) is 0.500.